The molecule has 2 aromatic heterocycles. The monoisotopic (exact) mass is 432 g/mol. The van der Waals surface area contributed by atoms with Crippen LogP contribution in [0.15, 0.2) is 23.1 Å². The molecular weight excluding hydrogens is 419 g/mol. The summed E-state index contributed by atoms with van der Waals surface area (Å²) in [5.41, 5.74) is -1.54. The summed E-state index contributed by atoms with van der Waals surface area (Å²) in [6.45, 7) is -0.235. The smallest absolute Gasteiger partial charge is 0.286 e. The van der Waals surface area contributed by atoms with E-state index in [0.717, 1.165) is 6.20 Å². The molecule has 1 aliphatic rings. The van der Waals surface area contributed by atoms with Crippen LogP contribution in [0.3, 0.4) is 0 Å². The predicted molar refractivity (Wildman–Crippen MR) is 95.1 cm³/mol. The number of alkyl halides is 4. The highest BCUT2D eigenvalue weighted by Crippen LogP contribution is 2.32. The topological polar surface area (TPSA) is 60.3 Å². The average molecular weight is 432 g/mol. The van der Waals surface area contributed by atoms with Gasteiger partial charge in [0.25, 0.3) is 24.3 Å². The van der Waals surface area contributed by atoms with Gasteiger partial charge in [0.1, 0.15) is 0 Å². The first-order valence-corrected chi connectivity index (χ1v) is 9.07. The van der Waals surface area contributed by atoms with E-state index >= 15 is 0 Å². The summed E-state index contributed by atoms with van der Waals surface area (Å²) in [5.74, 6) is 3.14. The van der Waals surface area contributed by atoms with Gasteiger partial charge in [-0.3, -0.25) is 9.59 Å². The van der Waals surface area contributed by atoms with Gasteiger partial charge in [-0.05, 0) is 6.07 Å². The van der Waals surface area contributed by atoms with E-state index in [-0.39, 0.29) is 22.0 Å². The average Bonchev–Trinajstić information content (AvgIpc) is 3.02. The van der Waals surface area contributed by atoms with Crippen LogP contribution in [0.4, 0.5) is 27.6 Å². The molecule has 0 radical (unpaired) electrons. The molecule has 1 amide bonds. The number of carbonyl (C=O) groups excluding carboxylic acids is 1. The molecule has 11 heteroatoms. The first-order chi connectivity index (χ1) is 13.7. The lowest BCUT2D eigenvalue weighted by Gasteiger charge is -2.19. The van der Waals surface area contributed by atoms with Crippen molar-refractivity contribution in [3.63, 3.8) is 0 Å². The molecule has 0 aromatic carbocycles. The fourth-order valence-corrected chi connectivity index (χ4v) is 3.29. The highest BCUT2D eigenvalue weighted by molar-refractivity contribution is 7.14. The standard InChI is InChI=1S/C18H13F5N2O3S/c19-12-4-11(5-25(18(12)27)6-14(20)21)24-17(26)13-3-10(15(29-13)16(22)23)2-1-9-7-28-8-9/h3-5,9,14,16H,6-8H2,(H,24,26). The van der Waals surface area contributed by atoms with Crippen molar-refractivity contribution in [1.29, 1.82) is 0 Å². The Morgan fingerprint density at radius 1 is 1.31 bits per heavy atom. The zero-order chi connectivity index (χ0) is 21.1. The van der Waals surface area contributed by atoms with Crippen molar-refractivity contribution in [3.05, 3.63) is 49.8 Å². The number of hydrogen-bond acceptors (Lipinski definition) is 4. The molecule has 0 atom stereocenters. The molecule has 0 aliphatic carbocycles. The second-order valence-corrected chi connectivity index (χ2v) is 7.16. The minimum Gasteiger partial charge on any atom is -0.379 e. The number of carbonyl (C=O) groups is 1. The zero-order valence-electron chi connectivity index (χ0n) is 14.6. The van der Waals surface area contributed by atoms with Gasteiger partial charge in [0.2, 0.25) is 0 Å². The lowest BCUT2D eigenvalue weighted by atomic mass is 10.1. The number of rotatable bonds is 5. The molecule has 154 valence electrons. The van der Waals surface area contributed by atoms with Gasteiger partial charge in [0, 0.05) is 17.8 Å². The van der Waals surface area contributed by atoms with Gasteiger partial charge in [-0.1, -0.05) is 11.8 Å². The third-order valence-corrected chi connectivity index (χ3v) is 5.01. The van der Waals surface area contributed by atoms with Crippen molar-refractivity contribution in [2.75, 3.05) is 18.5 Å². The molecule has 0 spiro atoms. The Bertz CT molecular complexity index is 1030. The quantitative estimate of drug-likeness (QED) is 0.581. The van der Waals surface area contributed by atoms with Crippen LogP contribution >= 0.6 is 11.3 Å². The maximum atomic E-state index is 13.7. The normalized spacial score (nSPS) is 13.9. The molecule has 5 nitrogen and oxygen atoms in total. The van der Waals surface area contributed by atoms with Crippen LogP contribution in [0.25, 0.3) is 0 Å². The molecule has 1 saturated heterocycles. The van der Waals surface area contributed by atoms with Crippen molar-refractivity contribution in [3.8, 4) is 11.8 Å². The van der Waals surface area contributed by atoms with Crippen molar-refractivity contribution in [2.24, 2.45) is 5.92 Å². The summed E-state index contributed by atoms with van der Waals surface area (Å²) in [5, 5.41) is 2.22. The van der Waals surface area contributed by atoms with Crippen LogP contribution in [-0.2, 0) is 11.3 Å². The largest absolute Gasteiger partial charge is 0.379 e. The summed E-state index contributed by atoms with van der Waals surface area (Å²) in [7, 11) is 0. The highest BCUT2D eigenvalue weighted by Gasteiger charge is 2.22. The third kappa shape index (κ3) is 5.02. The molecule has 3 heterocycles. The summed E-state index contributed by atoms with van der Waals surface area (Å²) in [6.07, 6.45) is -4.91. The molecule has 0 bridgehead atoms. The van der Waals surface area contributed by atoms with Gasteiger partial charge in [0.05, 0.1) is 41.1 Å². The molecule has 1 aliphatic heterocycles. The highest BCUT2D eigenvalue weighted by atomic mass is 32.1. The van der Waals surface area contributed by atoms with Gasteiger partial charge in [-0.2, -0.15) is 0 Å². The number of ether oxygens (including phenoxy) is 1. The lowest BCUT2D eigenvalue weighted by Crippen LogP contribution is -2.26. The molecule has 0 saturated carbocycles. The minimum absolute atomic E-state index is 0.00380. The van der Waals surface area contributed by atoms with E-state index in [9.17, 15) is 31.5 Å². The fourth-order valence-electron chi connectivity index (χ4n) is 2.42. The van der Waals surface area contributed by atoms with E-state index in [0.29, 0.717) is 35.2 Å². The fraction of sp³-hybridized carbons (Fsp3) is 0.333. The van der Waals surface area contributed by atoms with Gasteiger partial charge in [0.15, 0.2) is 5.82 Å². The Hall–Kier alpha value is -2.71. The molecule has 0 unspecified atom stereocenters. The van der Waals surface area contributed by atoms with Crippen molar-refractivity contribution >= 4 is 22.9 Å². The second-order valence-electron chi connectivity index (χ2n) is 6.07. The number of anilines is 1. The summed E-state index contributed by atoms with van der Waals surface area (Å²) in [4.78, 5) is 23.4. The minimum atomic E-state index is -2.91. The summed E-state index contributed by atoms with van der Waals surface area (Å²) in [6, 6.07) is 1.85. The first kappa shape index (κ1) is 21.0. The Morgan fingerprint density at radius 2 is 2.03 bits per heavy atom. The maximum absolute atomic E-state index is 13.7. The predicted octanol–water partition coefficient (Wildman–Crippen LogP) is 3.50. The molecule has 29 heavy (non-hydrogen) atoms. The molecule has 2 aromatic rings. The Labute approximate surface area is 165 Å². The lowest BCUT2D eigenvalue weighted by molar-refractivity contribution is -0.00300. The van der Waals surface area contributed by atoms with Crippen LogP contribution < -0.4 is 10.9 Å². The van der Waals surface area contributed by atoms with Crippen LogP contribution in [-0.4, -0.2) is 30.1 Å². The Morgan fingerprint density at radius 3 is 2.62 bits per heavy atom. The Balaban J connectivity index is 1.84. The third-order valence-electron chi connectivity index (χ3n) is 3.87. The second kappa shape index (κ2) is 8.75. The van der Waals surface area contributed by atoms with E-state index in [1.165, 1.54) is 6.07 Å². The van der Waals surface area contributed by atoms with Crippen LogP contribution in [0.1, 0.15) is 26.5 Å². The number of nitrogens with one attached hydrogen (secondary N) is 1. The maximum Gasteiger partial charge on any atom is 0.286 e. The van der Waals surface area contributed by atoms with Gasteiger partial charge >= 0.3 is 0 Å². The van der Waals surface area contributed by atoms with Gasteiger partial charge in [-0.25, -0.2) is 22.0 Å². The number of amides is 1. The molecule has 1 N–H and O–H groups in total. The number of thiophene rings is 1. The van der Waals surface area contributed by atoms with Crippen molar-refractivity contribution < 1.29 is 31.5 Å². The van der Waals surface area contributed by atoms with Crippen LogP contribution in [0, 0.1) is 23.6 Å². The van der Waals surface area contributed by atoms with Crippen molar-refractivity contribution in [2.45, 2.75) is 19.4 Å². The van der Waals surface area contributed by atoms with Gasteiger partial charge < -0.3 is 14.6 Å². The Kier molecular flexibility index (Phi) is 6.34. The van der Waals surface area contributed by atoms with E-state index in [4.69, 9.17) is 4.74 Å². The van der Waals surface area contributed by atoms with Crippen molar-refractivity contribution in [1.82, 2.24) is 4.57 Å². The van der Waals surface area contributed by atoms with Gasteiger partial charge in [-0.15, -0.1) is 11.3 Å². The SMILES string of the molecule is O=C(Nc1cc(F)c(=O)n(CC(F)F)c1)c1cc(C#CC2COC2)c(C(F)F)s1. The number of pyridine rings is 1. The van der Waals surface area contributed by atoms with Crippen LogP contribution in [0.5, 0.6) is 0 Å². The first-order valence-electron chi connectivity index (χ1n) is 8.25. The number of hydrogen-bond donors (Lipinski definition) is 1. The molecule has 3 rings (SSSR count). The summed E-state index contributed by atoms with van der Waals surface area (Å²) < 4.78 is 70.6. The van der Waals surface area contributed by atoms with E-state index < -0.39 is 41.6 Å². The van der Waals surface area contributed by atoms with E-state index in [2.05, 4.69) is 17.2 Å². The number of nitrogens with zero attached hydrogens (tertiary/aromatic N) is 1. The zero-order valence-corrected chi connectivity index (χ0v) is 15.4. The van der Waals surface area contributed by atoms with E-state index in [1.807, 2.05) is 0 Å². The van der Waals surface area contributed by atoms with E-state index in [1.54, 1.807) is 0 Å². The molecular formula is C18H13F5N2O3S. The van der Waals surface area contributed by atoms with Crippen LogP contribution in [0.2, 0.25) is 0 Å². The molecule has 1 fully saturated rings. The summed E-state index contributed by atoms with van der Waals surface area (Å²) >= 11 is 0.516. The number of halogens is 5. The number of aromatic nitrogens is 1.